The number of ether oxygens (including phenoxy) is 3. The number of nitrogens with one attached hydrogen (secondary N) is 1. The van der Waals surface area contributed by atoms with E-state index in [1.54, 1.807) is 6.20 Å². The van der Waals surface area contributed by atoms with Gasteiger partial charge in [0.15, 0.2) is 5.78 Å². The third-order valence-electron chi connectivity index (χ3n) is 3.16. The van der Waals surface area contributed by atoms with E-state index in [2.05, 4.69) is 10.3 Å². The average Bonchev–Trinajstić information content (AvgIpc) is 2.56. The zero-order valence-corrected chi connectivity index (χ0v) is 14.3. The Morgan fingerprint density at radius 3 is 2.43 bits per heavy atom. The molecule has 1 N–H and O–H groups in total. The highest BCUT2D eigenvalue weighted by Gasteiger charge is 2.06. The van der Waals surface area contributed by atoms with Crippen LogP contribution in [0.25, 0.3) is 0 Å². The Bertz CT molecular complexity index is 435. The van der Waals surface area contributed by atoms with Crippen LogP contribution in [-0.4, -0.2) is 50.8 Å². The Morgan fingerprint density at radius 1 is 1.13 bits per heavy atom. The topological polar surface area (TPSA) is 69.7 Å². The standard InChI is InChI=1S/C17H28N2O4/c1-14(2)16(20)13-22-10-4-8-21-9-5-11-23-15-6-7-17(18-3)19-12-15/h6-7,12,14H,4-5,8-11,13H2,1-3H3,(H,18,19). The summed E-state index contributed by atoms with van der Waals surface area (Å²) in [7, 11) is 1.83. The van der Waals surface area contributed by atoms with Crippen molar-refractivity contribution in [2.45, 2.75) is 26.7 Å². The molecule has 1 heterocycles. The third kappa shape index (κ3) is 9.15. The summed E-state index contributed by atoms with van der Waals surface area (Å²) in [5, 5.41) is 2.96. The van der Waals surface area contributed by atoms with Gasteiger partial charge in [-0.2, -0.15) is 0 Å². The minimum atomic E-state index is 0.0379. The zero-order valence-electron chi connectivity index (χ0n) is 14.3. The van der Waals surface area contributed by atoms with E-state index < -0.39 is 0 Å². The summed E-state index contributed by atoms with van der Waals surface area (Å²) in [6.07, 6.45) is 3.31. The van der Waals surface area contributed by atoms with Gasteiger partial charge < -0.3 is 19.5 Å². The van der Waals surface area contributed by atoms with Crippen molar-refractivity contribution in [2.75, 3.05) is 45.4 Å². The molecule has 0 bridgehead atoms. The fraction of sp³-hybridized carbons (Fsp3) is 0.647. The summed E-state index contributed by atoms with van der Waals surface area (Å²) in [5.74, 6) is 1.75. The maximum absolute atomic E-state index is 11.3. The lowest BCUT2D eigenvalue weighted by Crippen LogP contribution is -2.15. The first-order valence-corrected chi connectivity index (χ1v) is 8.08. The van der Waals surface area contributed by atoms with E-state index >= 15 is 0 Å². The number of pyridine rings is 1. The van der Waals surface area contributed by atoms with Gasteiger partial charge in [-0.3, -0.25) is 4.79 Å². The fourth-order valence-corrected chi connectivity index (χ4v) is 1.67. The number of ketones is 1. The van der Waals surface area contributed by atoms with Crippen LogP contribution in [0.1, 0.15) is 26.7 Å². The van der Waals surface area contributed by atoms with Crippen molar-refractivity contribution < 1.29 is 19.0 Å². The van der Waals surface area contributed by atoms with Crippen LogP contribution < -0.4 is 10.1 Å². The van der Waals surface area contributed by atoms with E-state index in [9.17, 15) is 4.79 Å². The Labute approximate surface area is 138 Å². The van der Waals surface area contributed by atoms with Crippen molar-refractivity contribution in [3.63, 3.8) is 0 Å². The van der Waals surface area contributed by atoms with Crippen LogP contribution in [-0.2, 0) is 14.3 Å². The molecule has 130 valence electrons. The molecule has 1 rings (SSSR count). The molecule has 0 aromatic carbocycles. The minimum absolute atomic E-state index is 0.0379. The summed E-state index contributed by atoms with van der Waals surface area (Å²) < 4.78 is 16.4. The Hall–Kier alpha value is -1.66. The van der Waals surface area contributed by atoms with Gasteiger partial charge in [0.2, 0.25) is 0 Å². The molecule has 0 aliphatic carbocycles. The van der Waals surface area contributed by atoms with Crippen LogP contribution in [0, 0.1) is 5.92 Å². The molecule has 6 nitrogen and oxygen atoms in total. The lowest BCUT2D eigenvalue weighted by molar-refractivity contribution is -0.126. The molecular formula is C17H28N2O4. The molecular weight excluding hydrogens is 296 g/mol. The number of rotatable bonds is 13. The molecule has 1 aromatic rings. The van der Waals surface area contributed by atoms with Gasteiger partial charge in [0.1, 0.15) is 18.2 Å². The average molecular weight is 324 g/mol. The number of Topliss-reactive ketones (excluding diaryl/α,β-unsaturated/α-hetero) is 1. The first-order valence-electron chi connectivity index (χ1n) is 8.08. The highest BCUT2D eigenvalue weighted by atomic mass is 16.5. The molecule has 0 saturated heterocycles. The molecule has 0 amide bonds. The van der Waals surface area contributed by atoms with E-state index in [1.165, 1.54) is 0 Å². The zero-order chi connectivity index (χ0) is 16.9. The van der Waals surface area contributed by atoms with E-state index in [0.717, 1.165) is 24.4 Å². The first-order chi connectivity index (χ1) is 11.1. The lowest BCUT2D eigenvalue weighted by atomic mass is 10.1. The predicted octanol–water partition coefficient (Wildman–Crippen LogP) is 2.54. The summed E-state index contributed by atoms with van der Waals surface area (Å²) in [4.78, 5) is 15.5. The van der Waals surface area contributed by atoms with Gasteiger partial charge >= 0.3 is 0 Å². The maximum Gasteiger partial charge on any atom is 0.160 e. The minimum Gasteiger partial charge on any atom is -0.492 e. The number of nitrogens with zero attached hydrogens (tertiary/aromatic N) is 1. The van der Waals surface area contributed by atoms with Crippen molar-refractivity contribution in [3.8, 4) is 5.75 Å². The van der Waals surface area contributed by atoms with Crippen molar-refractivity contribution in [1.82, 2.24) is 4.98 Å². The van der Waals surface area contributed by atoms with Gasteiger partial charge in [0, 0.05) is 39.2 Å². The van der Waals surface area contributed by atoms with Gasteiger partial charge in [-0.15, -0.1) is 0 Å². The molecule has 1 aromatic heterocycles. The number of hydrogen-bond acceptors (Lipinski definition) is 6. The van der Waals surface area contributed by atoms with Crippen LogP contribution in [0.3, 0.4) is 0 Å². The lowest BCUT2D eigenvalue weighted by Gasteiger charge is -2.08. The molecule has 0 aliphatic rings. The van der Waals surface area contributed by atoms with Crippen molar-refractivity contribution in [2.24, 2.45) is 5.92 Å². The van der Waals surface area contributed by atoms with E-state index in [0.29, 0.717) is 26.4 Å². The van der Waals surface area contributed by atoms with Gasteiger partial charge in [0.25, 0.3) is 0 Å². The number of carbonyl (C=O) groups is 1. The van der Waals surface area contributed by atoms with Crippen LogP contribution in [0.5, 0.6) is 5.75 Å². The third-order valence-corrected chi connectivity index (χ3v) is 3.16. The molecule has 6 heteroatoms. The van der Waals surface area contributed by atoms with E-state index in [-0.39, 0.29) is 18.3 Å². The number of aromatic nitrogens is 1. The van der Waals surface area contributed by atoms with Gasteiger partial charge in [-0.05, 0) is 18.6 Å². The highest BCUT2D eigenvalue weighted by Crippen LogP contribution is 2.11. The molecule has 0 atom stereocenters. The van der Waals surface area contributed by atoms with Gasteiger partial charge in [0.05, 0.1) is 12.8 Å². The molecule has 0 aliphatic heterocycles. The van der Waals surface area contributed by atoms with Gasteiger partial charge in [-0.1, -0.05) is 13.8 Å². The Balaban J connectivity index is 1.90. The maximum atomic E-state index is 11.3. The second-order valence-corrected chi connectivity index (χ2v) is 5.47. The largest absolute Gasteiger partial charge is 0.492 e. The molecule has 0 saturated carbocycles. The SMILES string of the molecule is CNc1ccc(OCCCOCCCOCC(=O)C(C)C)cn1. The van der Waals surface area contributed by atoms with E-state index in [4.69, 9.17) is 14.2 Å². The molecule has 0 radical (unpaired) electrons. The molecule has 0 fully saturated rings. The van der Waals surface area contributed by atoms with E-state index in [1.807, 2.05) is 33.0 Å². The second kappa shape index (κ2) is 11.8. The molecule has 0 unspecified atom stereocenters. The summed E-state index contributed by atoms with van der Waals surface area (Å²) in [6.45, 7) is 6.38. The summed E-state index contributed by atoms with van der Waals surface area (Å²) in [5.41, 5.74) is 0. The summed E-state index contributed by atoms with van der Waals surface area (Å²) >= 11 is 0. The van der Waals surface area contributed by atoms with Crippen molar-refractivity contribution in [1.29, 1.82) is 0 Å². The first kappa shape index (κ1) is 19.4. The quantitative estimate of drug-likeness (QED) is 0.562. The normalized spacial score (nSPS) is 10.8. The Kier molecular flexibility index (Phi) is 9.99. The number of carbonyl (C=O) groups excluding carboxylic acids is 1. The van der Waals surface area contributed by atoms with Crippen molar-refractivity contribution in [3.05, 3.63) is 18.3 Å². The highest BCUT2D eigenvalue weighted by molar-refractivity contribution is 5.81. The van der Waals surface area contributed by atoms with Gasteiger partial charge in [-0.25, -0.2) is 4.98 Å². The molecule has 0 spiro atoms. The van der Waals surface area contributed by atoms with Crippen LogP contribution in [0.4, 0.5) is 5.82 Å². The van der Waals surface area contributed by atoms with Crippen LogP contribution in [0.15, 0.2) is 18.3 Å². The number of anilines is 1. The molecule has 23 heavy (non-hydrogen) atoms. The van der Waals surface area contributed by atoms with Crippen LogP contribution >= 0.6 is 0 Å². The number of hydrogen-bond donors (Lipinski definition) is 1. The fourth-order valence-electron chi connectivity index (χ4n) is 1.67. The second-order valence-electron chi connectivity index (χ2n) is 5.47. The monoisotopic (exact) mass is 324 g/mol. The smallest absolute Gasteiger partial charge is 0.160 e. The predicted molar refractivity (Wildman–Crippen MR) is 90.0 cm³/mol. The van der Waals surface area contributed by atoms with Crippen molar-refractivity contribution >= 4 is 11.6 Å². The summed E-state index contributed by atoms with van der Waals surface area (Å²) in [6, 6.07) is 3.76. The Morgan fingerprint density at radius 2 is 1.83 bits per heavy atom. The van der Waals surface area contributed by atoms with Crippen LogP contribution in [0.2, 0.25) is 0 Å².